The molecule has 0 spiro atoms. The minimum absolute atomic E-state index is 0.304. The molecule has 3 heterocycles. The maximum Gasteiger partial charge on any atom is 0.151 e. The Labute approximate surface area is 129 Å². The molecule has 0 saturated heterocycles. The van der Waals surface area contributed by atoms with Crippen molar-refractivity contribution in [2.24, 2.45) is 0 Å². The average Bonchev–Trinajstić information content (AvgIpc) is 2.95. The van der Waals surface area contributed by atoms with Crippen molar-refractivity contribution in [2.45, 2.75) is 25.4 Å². The number of hydrogen-bond acceptors (Lipinski definition) is 5. The number of aryl methyl sites for hydroxylation is 1. The fourth-order valence-electron chi connectivity index (χ4n) is 2.67. The first-order valence-electron chi connectivity index (χ1n) is 6.86. The maximum atomic E-state index is 4.67. The first-order chi connectivity index (χ1) is 10.3. The zero-order chi connectivity index (χ0) is 14.2. The van der Waals surface area contributed by atoms with Crippen LogP contribution in [0.1, 0.15) is 12.2 Å². The molecule has 0 bridgehead atoms. The molecule has 3 aromatic rings. The van der Waals surface area contributed by atoms with Crippen LogP contribution in [0.3, 0.4) is 0 Å². The molecule has 7 heteroatoms. The summed E-state index contributed by atoms with van der Waals surface area (Å²) in [6.07, 6.45) is 1.91. The van der Waals surface area contributed by atoms with Crippen LogP contribution in [0.4, 0.5) is 5.82 Å². The lowest BCUT2D eigenvalue weighted by Crippen LogP contribution is -2.32. The quantitative estimate of drug-likeness (QED) is 0.773. The zero-order valence-corrected chi connectivity index (χ0v) is 12.8. The van der Waals surface area contributed by atoms with Crippen molar-refractivity contribution in [1.29, 1.82) is 0 Å². The van der Waals surface area contributed by atoms with Gasteiger partial charge in [-0.1, -0.05) is 22.0 Å². The highest BCUT2D eigenvalue weighted by Crippen LogP contribution is 2.24. The number of anilines is 1. The number of nitrogens with zero attached hydrogens (tertiary/aromatic N) is 5. The van der Waals surface area contributed by atoms with E-state index in [0.717, 1.165) is 46.4 Å². The van der Waals surface area contributed by atoms with E-state index in [2.05, 4.69) is 47.8 Å². The number of halogens is 1. The van der Waals surface area contributed by atoms with Gasteiger partial charge in [0, 0.05) is 22.3 Å². The van der Waals surface area contributed by atoms with E-state index >= 15 is 0 Å². The van der Waals surface area contributed by atoms with Crippen LogP contribution < -0.4 is 5.32 Å². The largest absolute Gasteiger partial charge is 0.365 e. The van der Waals surface area contributed by atoms with Crippen molar-refractivity contribution in [3.05, 3.63) is 40.6 Å². The third-order valence-electron chi connectivity index (χ3n) is 3.75. The van der Waals surface area contributed by atoms with Gasteiger partial charge in [-0.3, -0.25) is 0 Å². The van der Waals surface area contributed by atoms with Crippen LogP contribution in [0.2, 0.25) is 0 Å². The van der Waals surface area contributed by atoms with Crippen LogP contribution in [0, 0.1) is 0 Å². The highest BCUT2D eigenvalue weighted by atomic mass is 79.9. The molecule has 1 N–H and O–H groups in total. The lowest BCUT2D eigenvalue weighted by molar-refractivity contribution is 0.436. The minimum atomic E-state index is 0.304. The summed E-state index contributed by atoms with van der Waals surface area (Å²) in [5, 5.41) is 16.3. The smallest absolute Gasteiger partial charge is 0.151 e. The lowest BCUT2D eigenvalue weighted by Gasteiger charge is -2.23. The second-order valence-electron chi connectivity index (χ2n) is 5.16. The van der Waals surface area contributed by atoms with Crippen LogP contribution in [0.15, 0.2) is 34.8 Å². The van der Waals surface area contributed by atoms with E-state index in [-0.39, 0.29) is 0 Å². The van der Waals surface area contributed by atoms with Crippen molar-refractivity contribution in [1.82, 2.24) is 25.2 Å². The topological polar surface area (TPSA) is 68.5 Å². The number of nitrogens with one attached hydrogen (secondary N) is 1. The second kappa shape index (κ2) is 5.07. The van der Waals surface area contributed by atoms with Crippen molar-refractivity contribution in [3.8, 4) is 0 Å². The molecule has 106 valence electrons. The standard InChI is InChI=1S/C14H13BrN6/c15-11-2-1-3-12-10(11)5-6-13(17-12)16-9-4-7-14-18-19-20-21(14)8-9/h1-3,5-6,9H,4,7-8H2,(H,16,17). The summed E-state index contributed by atoms with van der Waals surface area (Å²) in [5.74, 6) is 1.85. The molecule has 4 rings (SSSR count). The second-order valence-corrected chi connectivity index (χ2v) is 6.01. The third kappa shape index (κ3) is 2.37. The molecule has 0 amide bonds. The van der Waals surface area contributed by atoms with Crippen LogP contribution in [0.5, 0.6) is 0 Å². The van der Waals surface area contributed by atoms with Gasteiger partial charge in [-0.25, -0.2) is 9.67 Å². The molecule has 1 atom stereocenters. The summed E-state index contributed by atoms with van der Waals surface area (Å²) in [6, 6.07) is 10.4. The Morgan fingerprint density at radius 2 is 2.19 bits per heavy atom. The SMILES string of the molecule is Brc1cccc2nc(NC3CCc4nnnn4C3)ccc12. The predicted molar refractivity (Wildman–Crippen MR) is 83.0 cm³/mol. The normalized spacial score (nSPS) is 17.7. The highest BCUT2D eigenvalue weighted by molar-refractivity contribution is 9.10. The van der Waals surface area contributed by atoms with Crippen LogP contribution in [-0.4, -0.2) is 31.2 Å². The maximum absolute atomic E-state index is 4.67. The van der Waals surface area contributed by atoms with Gasteiger partial charge in [-0.2, -0.15) is 0 Å². The molecule has 6 nitrogen and oxygen atoms in total. The van der Waals surface area contributed by atoms with Gasteiger partial charge < -0.3 is 5.32 Å². The summed E-state index contributed by atoms with van der Waals surface area (Å²) in [6.45, 7) is 0.778. The molecule has 1 aliphatic heterocycles. The highest BCUT2D eigenvalue weighted by Gasteiger charge is 2.20. The number of rotatable bonds is 2. The molecule has 2 aromatic heterocycles. The van der Waals surface area contributed by atoms with Crippen molar-refractivity contribution >= 4 is 32.7 Å². The number of benzene rings is 1. The molecular formula is C14H13BrN6. The van der Waals surface area contributed by atoms with Gasteiger partial charge in [0.05, 0.1) is 12.1 Å². The number of aromatic nitrogens is 5. The summed E-state index contributed by atoms with van der Waals surface area (Å²) in [7, 11) is 0. The average molecular weight is 345 g/mol. The molecule has 0 saturated carbocycles. The minimum Gasteiger partial charge on any atom is -0.365 e. The Bertz CT molecular complexity index is 799. The molecule has 0 aliphatic carbocycles. The van der Waals surface area contributed by atoms with E-state index in [1.807, 2.05) is 28.9 Å². The first-order valence-corrected chi connectivity index (χ1v) is 7.66. The molecule has 21 heavy (non-hydrogen) atoms. The van der Waals surface area contributed by atoms with Gasteiger partial charge >= 0.3 is 0 Å². The van der Waals surface area contributed by atoms with Gasteiger partial charge in [0.2, 0.25) is 0 Å². The zero-order valence-electron chi connectivity index (χ0n) is 11.2. The fourth-order valence-corrected chi connectivity index (χ4v) is 3.16. The summed E-state index contributed by atoms with van der Waals surface area (Å²) >= 11 is 3.55. The lowest BCUT2D eigenvalue weighted by atomic mass is 10.1. The van der Waals surface area contributed by atoms with Gasteiger partial charge in [0.25, 0.3) is 0 Å². The van der Waals surface area contributed by atoms with Crippen molar-refractivity contribution in [3.63, 3.8) is 0 Å². The Morgan fingerprint density at radius 1 is 1.24 bits per heavy atom. The van der Waals surface area contributed by atoms with E-state index in [9.17, 15) is 0 Å². The number of pyridine rings is 1. The number of tetrazole rings is 1. The predicted octanol–water partition coefficient (Wildman–Crippen LogP) is 2.41. The van der Waals surface area contributed by atoms with Crippen LogP contribution >= 0.6 is 15.9 Å². The van der Waals surface area contributed by atoms with Crippen LogP contribution in [0.25, 0.3) is 10.9 Å². The van der Waals surface area contributed by atoms with Crippen LogP contribution in [-0.2, 0) is 13.0 Å². The van der Waals surface area contributed by atoms with Crippen molar-refractivity contribution < 1.29 is 0 Å². The molecule has 1 aromatic carbocycles. The van der Waals surface area contributed by atoms with Gasteiger partial charge in [0.15, 0.2) is 5.82 Å². The van der Waals surface area contributed by atoms with Gasteiger partial charge in [-0.05, 0) is 41.1 Å². The Hall–Kier alpha value is -2.02. The number of fused-ring (bicyclic) bond motifs is 2. The Balaban J connectivity index is 1.58. The van der Waals surface area contributed by atoms with E-state index in [4.69, 9.17) is 0 Å². The Kier molecular flexibility index (Phi) is 3.07. The number of hydrogen-bond donors (Lipinski definition) is 1. The van der Waals surface area contributed by atoms with Crippen molar-refractivity contribution in [2.75, 3.05) is 5.32 Å². The fraction of sp³-hybridized carbons (Fsp3) is 0.286. The summed E-state index contributed by atoms with van der Waals surface area (Å²) < 4.78 is 2.92. The van der Waals surface area contributed by atoms with E-state index in [0.29, 0.717) is 6.04 Å². The molecule has 0 fully saturated rings. The molecule has 0 radical (unpaired) electrons. The van der Waals surface area contributed by atoms with Gasteiger partial charge in [0.1, 0.15) is 5.82 Å². The van der Waals surface area contributed by atoms with E-state index < -0.39 is 0 Å². The summed E-state index contributed by atoms with van der Waals surface area (Å²) in [5.41, 5.74) is 0.980. The first kappa shape index (κ1) is 12.7. The van der Waals surface area contributed by atoms with Gasteiger partial charge in [-0.15, -0.1) is 5.10 Å². The third-order valence-corrected chi connectivity index (χ3v) is 4.44. The molecule has 1 unspecified atom stereocenters. The monoisotopic (exact) mass is 344 g/mol. The van der Waals surface area contributed by atoms with E-state index in [1.54, 1.807) is 0 Å². The summed E-state index contributed by atoms with van der Waals surface area (Å²) in [4.78, 5) is 4.67. The molecular weight excluding hydrogens is 332 g/mol. The molecule has 1 aliphatic rings. The van der Waals surface area contributed by atoms with E-state index in [1.165, 1.54) is 0 Å². The Morgan fingerprint density at radius 3 is 3.14 bits per heavy atom.